The van der Waals surface area contributed by atoms with Gasteiger partial charge in [-0.3, -0.25) is 4.21 Å². The van der Waals surface area contributed by atoms with E-state index in [0.29, 0.717) is 5.25 Å². The predicted molar refractivity (Wildman–Crippen MR) is 49.2 cm³/mol. The SMILES string of the molecule is CCS(=O)[C@@H]1CCCN(C)C1. The fourth-order valence-corrected chi connectivity index (χ4v) is 2.89. The summed E-state index contributed by atoms with van der Waals surface area (Å²) in [5.74, 6) is 0.818. The van der Waals surface area contributed by atoms with Crippen molar-refractivity contribution in [3.05, 3.63) is 0 Å². The Balaban J connectivity index is 2.39. The van der Waals surface area contributed by atoms with Crippen molar-refractivity contribution in [3.8, 4) is 0 Å². The van der Waals surface area contributed by atoms with E-state index in [9.17, 15) is 4.21 Å². The molecule has 0 aliphatic carbocycles. The van der Waals surface area contributed by atoms with Gasteiger partial charge in [0.25, 0.3) is 0 Å². The molecule has 1 aliphatic rings. The van der Waals surface area contributed by atoms with Crippen molar-refractivity contribution < 1.29 is 4.21 Å². The van der Waals surface area contributed by atoms with E-state index in [-0.39, 0.29) is 0 Å². The lowest BCUT2D eigenvalue weighted by Crippen LogP contribution is -2.38. The number of likely N-dealkylation sites (tertiary alicyclic amines) is 1. The smallest absolute Gasteiger partial charge is 0.0475 e. The topological polar surface area (TPSA) is 20.3 Å². The van der Waals surface area contributed by atoms with Gasteiger partial charge in [0, 0.05) is 28.3 Å². The summed E-state index contributed by atoms with van der Waals surface area (Å²) in [7, 11) is 1.53. The molecule has 0 amide bonds. The van der Waals surface area contributed by atoms with E-state index in [1.807, 2.05) is 6.92 Å². The van der Waals surface area contributed by atoms with E-state index in [2.05, 4.69) is 11.9 Å². The third kappa shape index (κ3) is 2.56. The van der Waals surface area contributed by atoms with Crippen LogP contribution in [0.2, 0.25) is 0 Å². The summed E-state index contributed by atoms with van der Waals surface area (Å²) < 4.78 is 11.4. The van der Waals surface area contributed by atoms with Crippen LogP contribution in [-0.2, 0) is 10.8 Å². The lowest BCUT2D eigenvalue weighted by atomic mass is 10.1. The molecule has 0 bridgehead atoms. The van der Waals surface area contributed by atoms with Gasteiger partial charge in [0.15, 0.2) is 0 Å². The minimum Gasteiger partial charge on any atom is -0.305 e. The van der Waals surface area contributed by atoms with Crippen LogP contribution in [0.3, 0.4) is 0 Å². The molecular weight excluding hydrogens is 158 g/mol. The minimum atomic E-state index is -0.576. The highest BCUT2D eigenvalue weighted by Crippen LogP contribution is 2.13. The van der Waals surface area contributed by atoms with Crippen molar-refractivity contribution in [3.63, 3.8) is 0 Å². The largest absolute Gasteiger partial charge is 0.305 e. The number of piperidine rings is 1. The van der Waals surface area contributed by atoms with Gasteiger partial charge in [-0.15, -0.1) is 0 Å². The average Bonchev–Trinajstić information content (AvgIpc) is 2.03. The molecule has 0 aromatic carbocycles. The van der Waals surface area contributed by atoms with Crippen LogP contribution in [0.1, 0.15) is 19.8 Å². The molecule has 1 saturated heterocycles. The summed E-state index contributed by atoms with van der Waals surface area (Å²) in [6.07, 6.45) is 2.37. The van der Waals surface area contributed by atoms with Crippen molar-refractivity contribution in [2.45, 2.75) is 25.0 Å². The molecule has 1 unspecified atom stereocenters. The predicted octanol–water partition coefficient (Wildman–Crippen LogP) is 0.849. The fraction of sp³-hybridized carbons (Fsp3) is 1.00. The molecule has 0 aromatic heterocycles. The summed E-state index contributed by atoms with van der Waals surface area (Å²) in [4.78, 5) is 2.28. The van der Waals surface area contributed by atoms with Crippen LogP contribution in [0.25, 0.3) is 0 Å². The van der Waals surface area contributed by atoms with Crippen LogP contribution >= 0.6 is 0 Å². The van der Waals surface area contributed by atoms with E-state index >= 15 is 0 Å². The van der Waals surface area contributed by atoms with Gasteiger partial charge in [0.1, 0.15) is 0 Å². The summed E-state index contributed by atoms with van der Waals surface area (Å²) in [6.45, 7) is 4.21. The van der Waals surface area contributed by atoms with E-state index in [4.69, 9.17) is 0 Å². The zero-order valence-electron chi connectivity index (χ0n) is 7.38. The quantitative estimate of drug-likeness (QED) is 0.620. The molecule has 1 fully saturated rings. The third-order valence-electron chi connectivity index (χ3n) is 2.24. The van der Waals surface area contributed by atoms with Gasteiger partial charge in [0.05, 0.1) is 0 Å². The normalized spacial score (nSPS) is 30.2. The summed E-state index contributed by atoms with van der Waals surface area (Å²) >= 11 is 0. The van der Waals surface area contributed by atoms with Crippen molar-refractivity contribution in [2.75, 3.05) is 25.9 Å². The van der Waals surface area contributed by atoms with Gasteiger partial charge in [-0.1, -0.05) is 6.92 Å². The molecule has 0 N–H and O–H groups in total. The van der Waals surface area contributed by atoms with E-state index in [1.165, 1.54) is 13.0 Å². The van der Waals surface area contributed by atoms with Crippen LogP contribution in [0.5, 0.6) is 0 Å². The molecule has 66 valence electrons. The van der Waals surface area contributed by atoms with Gasteiger partial charge < -0.3 is 4.90 Å². The van der Waals surface area contributed by atoms with Crippen molar-refractivity contribution in [1.29, 1.82) is 0 Å². The van der Waals surface area contributed by atoms with Crippen LogP contribution in [0.15, 0.2) is 0 Å². The summed E-state index contributed by atoms with van der Waals surface area (Å²) in [5.41, 5.74) is 0. The highest BCUT2D eigenvalue weighted by Gasteiger charge is 2.20. The van der Waals surface area contributed by atoms with Gasteiger partial charge in [-0.25, -0.2) is 0 Å². The van der Waals surface area contributed by atoms with Crippen LogP contribution in [-0.4, -0.2) is 40.2 Å². The first kappa shape index (κ1) is 9.20. The maximum Gasteiger partial charge on any atom is 0.0475 e. The van der Waals surface area contributed by atoms with Crippen molar-refractivity contribution in [1.82, 2.24) is 4.90 Å². The Bertz CT molecular complexity index is 149. The number of nitrogens with zero attached hydrogens (tertiary/aromatic N) is 1. The Kier molecular flexibility index (Phi) is 3.52. The second kappa shape index (κ2) is 4.21. The second-order valence-electron chi connectivity index (χ2n) is 3.20. The van der Waals surface area contributed by atoms with Crippen molar-refractivity contribution in [2.24, 2.45) is 0 Å². The van der Waals surface area contributed by atoms with E-state index < -0.39 is 10.8 Å². The molecule has 1 aliphatic heterocycles. The molecule has 3 heteroatoms. The van der Waals surface area contributed by atoms with Crippen LogP contribution in [0.4, 0.5) is 0 Å². The summed E-state index contributed by atoms with van der Waals surface area (Å²) in [6, 6.07) is 0. The highest BCUT2D eigenvalue weighted by atomic mass is 32.2. The lowest BCUT2D eigenvalue weighted by molar-refractivity contribution is 0.281. The van der Waals surface area contributed by atoms with Gasteiger partial charge in [0.2, 0.25) is 0 Å². The molecule has 0 radical (unpaired) electrons. The first-order valence-electron chi connectivity index (χ1n) is 4.29. The Labute approximate surface area is 71.4 Å². The standard InChI is InChI=1S/C8H17NOS/c1-3-11(10)8-5-4-6-9(2)7-8/h8H,3-7H2,1-2H3/t8-,11?/m1/s1. The lowest BCUT2D eigenvalue weighted by Gasteiger charge is -2.28. The van der Waals surface area contributed by atoms with Gasteiger partial charge in [-0.05, 0) is 26.4 Å². The zero-order chi connectivity index (χ0) is 8.27. The fourth-order valence-electron chi connectivity index (χ4n) is 1.57. The van der Waals surface area contributed by atoms with Crippen LogP contribution < -0.4 is 0 Å². The minimum absolute atomic E-state index is 0.443. The number of rotatable bonds is 2. The molecule has 1 rings (SSSR count). The van der Waals surface area contributed by atoms with E-state index in [1.54, 1.807) is 0 Å². The van der Waals surface area contributed by atoms with Gasteiger partial charge in [-0.2, -0.15) is 0 Å². The first-order valence-corrected chi connectivity index (χ1v) is 5.68. The Morgan fingerprint density at radius 3 is 2.91 bits per heavy atom. The van der Waals surface area contributed by atoms with Crippen molar-refractivity contribution >= 4 is 10.8 Å². The molecule has 0 aromatic rings. The monoisotopic (exact) mass is 175 g/mol. The Hall–Kier alpha value is 0.110. The maximum absolute atomic E-state index is 11.4. The third-order valence-corrected chi connectivity index (χ3v) is 3.93. The second-order valence-corrected chi connectivity index (χ2v) is 5.20. The molecule has 0 saturated carbocycles. The number of hydrogen-bond donors (Lipinski definition) is 0. The van der Waals surface area contributed by atoms with Gasteiger partial charge >= 0.3 is 0 Å². The molecule has 1 heterocycles. The first-order chi connectivity index (χ1) is 5.24. The Morgan fingerprint density at radius 2 is 2.36 bits per heavy atom. The summed E-state index contributed by atoms with van der Waals surface area (Å²) in [5, 5.41) is 0.443. The molecule has 2 nitrogen and oxygen atoms in total. The molecule has 2 atom stereocenters. The zero-order valence-corrected chi connectivity index (χ0v) is 8.19. The average molecular weight is 175 g/mol. The highest BCUT2D eigenvalue weighted by molar-refractivity contribution is 7.85. The molecule has 0 spiro atoms. The molecular formula is C8H17NOS. The molecule has 11 heavy (non-hydrogen) atoms. The Morgan fingerprint density at radius 1 is 1.64 bits per heavy atom. The maximum atomic E-state index is 11.4. The van der Waals surface area contributed by atoms with Crippen LogP contribution in [0, 0.1) is 0 Å². The van der Waals surface area contributed by atoms with E-state index in [0.717, 1.165) is 18.7 Å². The number of hydrogen-bond acceptors (Lipinski definition) is 2.